The van der Waals surface area contributed by atoms with Crippen molar-refractivity contribution in [3.63, 3.8) is 0 Å². The van der Waals surface area contributed by atoms with E-state index in [1.54, 1.807) is 12.3 Å². The first kappa shape index (κ1) is 11.5. The molecule has 1 N–H and O–H groups in total. The Hall–Kier alpha value is -1.01. The molecule has 1 aliphatic carbocycles. The number of nitrogens with one attached hydrogen (secondary N) is 1. The Kier molecular flexibility index (Phi) is 3.20. The van der Waals surface area contributed by atoms with Crippen LogP contribution in [0.25, 0.3) is 0 Å². The predicted molar refractivity (Wildman–Crippen MR) is 60.4 cm³/mol. The molecule has 1 heterocycles. The minimum Gasteiger partial charge on any atom is -0.308 e. The molecule has 1 aliphatic rings. The number of nitrogens with zero attached hydrogens (tertiary/aromatic N) is 2. The second-order valence-electron chi connectivity index (χ2n) is 4.19. The quantitative estimate of drug-likeness (QED) is 0.801. The van der Waals surface area contributed by atoms with Gasteiger partial charge in [0, 0.05) is 25.0 Å². The molecule has 0 bridgehead atoms. The fourth-order valence-corrected chi connectivity index (χ4v) is 1.99. The van der Waals surface area contributed by atoms with Crippen LogP contribution in [0.4, 0.5) is 0 Å². The van der Waals surface area contributed by atoms with Crippen molar-refractivity contribution in [3.8, 4) is 0 Å². The molecule has 1 aromatic rings. The van der Waals surface area contributed by atoms with Gasteiger partial charge < -0.3 is 5.32 Å². The van der Waals surface area contributed by atoms with E-state index in [1.165, 1.54) is 19.1 Å². The van der Waals surface area contributed by atoms with Gasteiger partial charge in [-0.05, 0) is 18.9 Å². The van der Waals surface area contributed by atoms with Gasteiger partial charge in [0.25, 0.3) is 0 Å². The van der Waals surface area contributed by atoms with E-state index in [-0.39, 0.29) is 5.75 Å². The molecule has 0 aromatic carbocycles. The summed E-state index contributed by atoms with van der Waals surface area (Å²) in [5, 5.41) is 3.32. The van der Waals surface area contributed by atoms with Crippen molar-refractivity contribution in [3.05, 3.63) is 23.8 Å². The lowest BCUT2D eigenvalue weighted by molar-refractivity contribution is 0.599. The fourth-order valence-electron chi connectivity index (χ4n) is 1.38. The van der Waals surface area contributed by atoms with Gasteiger partial charge in [0.05, 0.1) is 5.69 Å². The lowest BCUT2D eigenvalue weighted by Gasteiger charge is -2.03. The second-order valence-corrected chi connectivity index (χ2v) is 6.33. The minimum absolute atomic E-state index is 0.0930. The molecule has 0 aliphatic heterocycles. The van der Waals surface area contributed by atoms with Crippen LogP contribution in [-0.4, -0.2) is 30.7 Å². The summed E-state index contributed by atoms with van der Waals surface area (Å²) >= 11 is 0. The second kappa shape index (κ2) is 4.47. The van der Waals surface area contributed by atoms with Crippen molar-refractivity contribution in [1.29, 1.82) is 0 Å². The molecule has 1 aromatic heterocycles. The molecule has 0 unspecified atom stereocenters. The fraction of sp³-hybridized carbons (Fsp3) is 0.600. The molecule has 0 saturated heterocycles. The van der Waals surface area contributed by atoms with Crippen molar-refractivity contribution in [2.45, 2.75) is 31.2 Å². The first-order valence-corrected chi connectivity index (χ1v) is 7.31. The zero-order valence-electron chi connectivity index (χ0n) is 9.18. The van der Waals surface area contributed by atoms with E-state index in [1.807, 2.05) is 0 Å². The summed E-state index contributed by atoms with van der Waals surface area (Å²) in [4.78, 5) is 8.15. The third kappa shape index (κ3) is 3.86. The molecule has 2 rings (SSSR count). The van der Waals surface area contributed by atoms with Gasteiger partial charge in [-0.1, -0.05) is 0 Å². The topological polar surface area (TPSA) is 72.0 Å². The SMILES string of the molecule is CS(=O)(=O)Cc1nccc(CNC2CC2)n1. The van der Waals surface area contributed by atoms with E-state index in [4.69, 9.17) is 0 Å². The summed E-state index contributed by atoms with van der Waals surface area (Å²) < 4.78 is 22.2. The van der Waals surface area contributed by atoms with Gasteiger partial charge in [-0.25, -0.2) is 18.4 Å². The number of rotatable bonds is 5. The van der Waals surface area contributed by atoms with Gasteiger partial charge in [0.2, 0.25) is 0 Å². The van der Waals surface area contributed by atoms with Crippen LogP contribution in [0.3, 0.4) is 0 Å². The Balaban J connectivity index is 2.00. The maximum atomic E-state index is 11.1. The average molecular weight is 241 g/mol. The Morgan fingerprint density at radius 2 is 2.25 bits per heavy atom. The number of sulfone groups is 1. The third-order valence-electron chi connectivity index (χ3n) is 2.30. The van der Waals surface area contributed by atoms with Crippen LogP contribution >= 0.6 is 0 Å². The Morgan fingerprint density at radius 3 is 2.88 bits per heavy atom. The van der Waals surface area contributed by atoms with Gasteiger partial charge >= 0.3 is 0 Å². The van der Waals surface area contributed by atoms with Crippen LogP contribution in [0.5, 0.6) is 0 Å². The van der Waals surface area contributed by atoms with Gasteiger partial charge in [0.15, 0.2) is 9.84 Å². The minimum atomic E-state index is -3.06. The Labute approximate surface area is 95.2 Å². The largest absolute Gasteiger partial charge is 0.308 e. The normalized spacial score (nSPS) is 16.3. The highest BCUT2D eigenvalue weighted by Gasteiger charge is 2.20. The summed E-state index contributed by atoms with van der Waals surface area (Å²) in [7, 11) is -3.06. The summed E-state index contributed by atoms with van der Waals surface area (Å²) in [6.07, 6.45) is 5.24. The van der Waals surface area contributed by atoms with Crippen LogP contribution in [0.15, 0.2) is 12.3 Å². The maximum absolute atomic E-state index is 11.1. The first-order valence-electron chi connectivity index (χ1n) is 5.25. The van der Waals surface area contributed by atoms with Gasteiger partial charge in [-0.3, -0.25) is 0 Å². The Morgan fingerprint density at radius 1 is 1.50 bits per heavy atom. The smallest absolute Gasteiger partial charge is 0.154 e. The molecule has 88 valence electrons. The molecular weight excluding hydrogens is 226 g/mol. The molecule has 0 atom stereocenters. The van der Waals surface area contributed by atoms with E-state index in [9.17, 15) is 8.42 Å². The number of hydrogen-bond acceptors (Lipinski definition) is 5. The van der Waals surface area contributed by atoms with E-state index < -0.39 is 9.84 Å². The highest BCUT2D eigenvalue weighted by Crippen LogP contribution is 2.18. The number of hydrogen-bond donors (Lipinski definition) is 1. The van der Waals surface area contributed by atoms with Gasteiger partial charge in [-0.15, -0.1) is 0 Å². The third-order valence-corrected chi connectivity index (χ3v) is 3.09. The summed E-state index contributed by atoms with van der Waals surface area (Å²) in [6, 6.07) is 2.43. The molecule has 0 spiro atoms. The van der Waals surface area contributed by atoms with Crippen molar-refractivity contribution >= 4 is 9.84 Å². The summed E-state index contributed by atoms with van der Waals surface area (Å²) in [5.41, 5.74) is 0.848. The Bertz CT molecular complexity index is 469. The van der Waals surface area contributed by atoms with Crippen LogP contribution in [0, 0.1) is 0 Å². The van der Waals surface area contributed by atoms with Crippen molar-refractivity contribution in [2.24, 2.45) is 0 Å². The van der Waals surface area contributed by atoms with E-state index in [2.05, 4.69) is 15.3 Å². The van der Waals surface area contributed by atoms with Crippen LogP contribution in [0.1, 0.15) is 24.4 Å². The van der Waals surface area contributed by atoms with Crippen molar-refractivity contribution < 1.29 is 8.42 Å². The average Bonchev–Trinajstić information content (AvgIpc) is 2.96. The lowest BCUT2D eigenvalue weighted by atomic mass is 10.4. The standard InChI is InChI=1S/C10H15N3O2S/c1-16(14,15)7-10-11-5-4-9(13-10)6-12-8-2-3-8/h4-5,8,12H,2-3,6-7H2,1H3. The molecule has 6 heteroatoms. The molecule has 0 amide bonds. The van der Waals surface area contributed by atoms with Gasteiger partial charge in [0.1, 0.15) is 11.6 Å². The van der Waals surface area contributed by atoms with Crippen LogP contribution in [0.2, 0.25) is 0 Å². The molecule has 16 heavy (non-hydrogen) atoms. The summed E-state index contributed by atoms with van der Waals surface area (Å²) in [5.74, 6) is 0.280. The van der Waals surface area contributed by atoms with Crippen molar-refractivity contribution in [2.75, 3.05) is 6.26 Å². The zero-order chi connectivity index (χ0) is 11.6. The zero-order valence-corrected chi connectivity index (χ0v) is 10.00. The number of aromatic nitrogens is 2. The molecule has 5 nitrogen and oxygen atoms in total. The monoisotopic (exact) mass is 241 g/mol. The highest BCUT2D eigenvalue weighted by atomic mass is 32.2. The predicted octanol–water partition coefficient (Wildman–Crippen LogP) is 0.273. The molecule has 0 radical (unpaired) electrons. The molecule has 1 saturated carbocycles. The van der Waals surface area contributed by atoms with Crippen LogP contribution in [-0.2, 0) is 22.1 Å². The van der Waals surface area contributed by atoms with Gasteiger partial charge in [-0.2, -0.15) is 0 Å². The van der Waals surface area contributed by atoms with E-state index in [0.717, 1.165) is 5.69 Å². The van der Waals surface area contributed by atoms with Crippen molar-refractivity contribution in [1.82, 2.24) is 15.3 Å². The summed E-state index contributed by atoms with van der Waals surface area (Å²) in [6.45, 7) is 0.684. The first-order chi connectivity index (χ1) is 7.53. The lowest BCUT2D eigenvalue weighted by Crippen LogP contribution is -2.17. The molecular formula is C10H15N3O2S. The molecule has 1 fully saturated rings. The van der Waals surface area contributed by atoms with Crippen LogP contribution < -0.4 is 5.32 Å². The highest BCUT2D eigenvalue weighted by molar-refractivity contribution is 7.89. The van der Waals surface area contributed by atoms with E-state index >= 15 is 0 Å². The maximum Gasteiger partial charge on any atom is 0.154 e. The van der Waals surface area contributed by atoms with E-state index in [0.29, 0.717) is 18.4 Å².